The van der Waals surface area contributed by atoms with Gasteiger partial charge in [-0.1, -0.05) is 48.9 Å². The minimum absolute atomic E-state index is 0.0222. The Morgan fingerprint density at radius 3 is 2.19 bits per heavy atom. The first-order valence-electron chi connectivity index (χ1n) is 9.49. The fourth-order valence-corrected chi connectivity index (χ4v) is 3.65. The summed E-state index contributed by atoms with van der Waals surface area (Å²) in [5.74, 6) is -2.88. The van der Waals surface area contributed by atoms with E-state index in [0.29, 0.717) is 33.7 Å². The number of phenolic OH excluding ortho intramolecular Hbond substituents is 1. The molecule has 6 heteroatoms. The van der Waals surface area contributed by atoms with Crippen LogP contribution in [0.15, 0.2) is 66.7 Å². The van der Waals surface area contributed by atoms with E-state index in [2.05, 4.69) is 0 Å². The number of allylic oxidation sites excluding steroid dienone is 1. The van der Waals surface area contributed by atoms with E-state index in [1.165, 1.54) is 12.1 Å². The number of hydrogen-bond donors (Lipinski definition) is 2. The van der Waals surface area contributed by atoms with E-state index in [1.54, 1.807) is 36.4 Å². The maximum atomic E-state index is 15.2. The maximum Gasteiger partial charge on any atom is 0.328 e. The number of rotatable bonds is 6. The lowest BCUT2D eigenvalue weighted by molar-refractivity contribution is -0.131. The molecule has 0 unspecified atom stereocenters. The fraction of sp³-hybridized carbons (Fsp3) is 0.0800. The van der Waals surface area contributed by atoms with Crippen LogP contribution in [0.4, 0.5) is 8.78 Å². The Balaban J connectivity index is 2.34. The summed E-state index contributed by atoms with van der Waals surface area (Å²) in [4.78, 5) is 10.7. The van der Waals surface area contributed by atoms with Crippen molar-refractivity contribution in [3.63, 3.8) is 0 Å². The molecule has 0 aliphatic rings. The third-order valence-corrected chi connectivity index (χ3v) is 5.07. The number of carboxylic acid groups (broad SMARTS) is 1. The van der Waals surface area contributed by atoms with Crippen molar-refractivity contribution in [1.29, 1.82) is 0 Å². The summed E-state index contributed by atoms with van der Waals surface area (Å²) in [6.45, 7) is 1.86. The molecule has 0 bridgehead atoms. The topological polar surface area (TPSA) is 57.5 Å². The van der Waals surface area contributed by atoms with Crippen molar-refractivity contribution in [3.05, 3.63) is 106 Å². The molecule has 3 aromatic carbocycles. The van der Waals surface area contributed by atoms with E-state index in [0.717, 1.165) is 24.3 Å². The molecule has 3 nitrogen and oxygen atoms in total. The van der Waals surface area contributed by atoms with Crippen molar-refractivity contribution < 1.29 is 23.8 Å². The smallest absolute Gasteiger partial charge is 0.328 e. The molecule has 0 radical (unpaired) electrons. The van der Waals surface area contributed by atoms with Crippen LogP contribution in [0.25, 0.3) is 17.2 Å². The highest BCUT2D eigenvalue weighted by Gasteiger charge is 2.22. The molecule has 158 valence electrons. The molecule has 2 N–H and O–H groups in total. The number of halogens is 3. The molecule has 0 aliphatic carbocycles. The summed E-state index contributed by atoms with van der Waals surface area (Å²) in [6.07, 6.45) is 2.36. The maximum absolute atomic E-state index is 15.2. The van der Waals surface area contributed by atoms with E-state index in [1.807, 2.05) is 6.92 Å². The molecule has 31 heavy (non-hydrogen) atoms. The Labute approximate surface area is 183 Å². The first-order valence-corrected chi connectivity index (χ1v) is 9.87. The zero-order valence-corrected chi connectivity index (χ0v) is 17.3. The quantitative estimate of drug-likeness (QED) is 0.327. The second kappa shape index (κ2) is 9.58. The molecule has 0 saturated carbocycles. The van der Waals surface area contributed by atoms with Gasteiger partial charge in [0.05, 0.1) is 5.56 Å². The Morgan fingerprint density at radius 2 is 1.65 bits per heavy atom. The highest BCUT2D eigenvalue weighted by Crippen LogP contribution is 2.39. The van der Waals surface area contributed by atoms with Gasteiger partial charge in [0.25, 0.3) is 0 Å². The lowest BCUT2D eigenvalue weighted by atomic mass is 9.87. The molecule has 3 rings (SSSR count). The van der Waals surface area contributed by atoms with E-state index in [-0.39, 0.29) is 16.9 Å². The second-order valence-electron chi connectivity index (χ2n) is 6.76. The van der Waals surface area contributed by atoms with Gasteiger partial charge in [-0.3, -0.25) is 0 Å². The van der Waals surface area contributed by atoms with Crippen molar-refractivity contribution >= 4 is 34.8 Å². The first-order chi connectivity index (χ1) is 14.8. The summed E-state index contributed by atoms with van der Waals surface area (Å²) in [5, 5.41) is 18.9. The van der Waals surface area contributed by atoms with Gasteiger partial charge in [0, 0.05) is 11.1 Å². The molecule has 0 saturated heterocycles. The van der Waals surface area contributed by atoms with Gasteiger partial charge in [-0.05, 0) is 70.7 Å². The Hall–Kier alpha value is -3.44. The van der Waals surface area contributed by atoms with E-state index >= 15 is 8.78 Å². The van der Waals surface area contributed by atoms with Crippen LogP contribution in [-0.2, 0) is 4.79 Å². The fourth-order valence-electron chi connectivity index (χ4n) is 3.40. The lowest BCUT2D eigenvalue weighted by Crippen LogP contribution is -2.02. The van der Waals surface area contributed by atoms with Crippen LogP contribution in [0, 0.1) is 11.6 Å². The molecule has 0 aromatic heterocycles. The highest BCUT2D eigenvalue weighted by atomic mass is 35.5. The number of aliphatic carboxylic acids is 1. The average molecular weight is 441 g/mol. The number of phenols is 1. The molecule has 0 amide bonds. The molecule has 0 aliphatic heterocycles. The molecular formula is C25H19ClF2O3. The first kappa shape index (κ1) is 22.2. The monoisotopic (exact) mass is 440 g/mol. The largest absolute Gasteiger partial charge is 0.508 e. The molecule has 3 aromatic rings. The van der Waals surface area contributed by atoms with Crippen LogP contribution >= 0.6 is 11.6 Å². The molecule has 0 spiro atoms. The van der Waals surface area contributed by atoms with E-state index in [9.17, 15) is 9.90 Å². The third-order valence-electron chi connectivity index (χ3n) is 4.74. The third kappa shape index (κ3) is 5.01. The highest BCUT2D eigenvalue weighted by molar-refractivity contribution is 6.32. The van der Waals surface area contributed by atoms with Gasteiger partial charge in [0.15, 0.2) is 0 Å². The minimum Gasteiger partial charge on any atom is -0.508 e. The summed E-state index contributed by atoms with van der Waals surface area (Å²) in [6, 6.07) is 15.2. The van der Waals surface area contributed by atoms with Crippen LogP contribution < -0.4 is 0 Å². The minimum atomic E-state index is -1.22. The van der Waals surface area contributed by atoms with Gasteiger partial charge >= 0.3 is 5.97 Å². The van der Waals surface area contributed by atoms with E-state index < -0.39 is 17.6 Å². The van der Waals surface area contributed by atoms with Gasteiger partial charge in [-0.15, -0.1) is 0 Å². The van der Waals surface area contributed by atoms with Gasteiger partial charge in [-0.2, -0.15) is 0 Å². The average Bonchev–Trinajstić information content (AvgIpc) is 2.73. The van der Waals surface area contributed by atoms with Gasteiger partial charge < -0.3 is 10.2 Å². The Morgan fingerprint density at radius 1 is 1.03 bits per heavy atom. The summed E-state index contributed by atoms with van der Waals surface area (Å²) in [7, 11) is 0. The van der Waals surface area contributed by atoms with Crippen molar-refractivity contribution in [2.24, 2.45) is 0 Å². The molecule has 0 atom stereocenters. The zero-order valence-electron chi connectivity index (χ0n) is 16.6. The van der Waals surface area contributed by atoms with Gasteiger partial charge in [0.1, 0.15) is 17.4 Å². The van der Waals surface area contributed by atoms with Crippen LogP contribution in [-0.4, -0.2) is 16.2 Å². The van der Waals surface area contributed by atoms with Gasteiger partial charge in [0.2, 0.25) is 0 Å². The van der Waals surface area contributed by atoms with Crippen LogP contribution in [0.1, 0.15) is 35.6 Å². The number of carboxylic acids is 1. The summed E-state index contributed by atoms with van der Waals surface area (Å²) >= 11 is 6.39. The predicted molar refractivity (Wildman–Crippen MR) is 119 cm³/mol. The van der Waals surface area contributed by atoms with E-state index in [4.69, 9.17) is 16.7 Å². The van der Waals surface area contributed by atoms with Crippen molar-refractivity contribution in [1.82, 2.24) is 0 Å². The summed E-state index contributed by atoms with van der Waals surface area (Å²) in [5.41, 5.74) is 1.91. The van der Waals surface area contributed by atoms with Crippen LogP contribution in [0.5, 0.6) is 5.75 Å². The zero-order chi connectivity index (χ0) is 22.5. The van der Waals surface area contributed by atoms with Crippen molar-refractivity contribution in [2.75, 3.05) is 0 Å². The Bertz CT molecular complexity index is 1160. The summed E-state index contributed by atoms with van der Waals surface area (Å²) < 4.78 is 30.5. The van der Waals surface area contributed by atoms with Crippen LogP contribution in [0.3, 0.4) is 0 Å². The number of aromatic hydroxyl groups is 1. The van der Waals surface area contributed by atoms with Crippen molar-refractivity contribution in [3.8, 4) is 5.75 Å². The Kier molecular flexibility index (Phi) is 6.88. The normalized spacial score (nSPS) is 12.1. The standard InChI is InChI=1S/C25H19ClF2O3/c1-2-18(19-5-3-4-6-20(19)26)24(16-8-10-17(29)11-9-16)25-21(27)13-15(14-22(25)28)7-12-23(30)31/h3-14,29H,2H2,1H3,(H,30,31)/b12-7+,24-18-. The van der Waals surface area contributed by atoms with Crippen LogP contribution in [0.2, 0.25) is 5.02 Å². The molecule has 0 heterocycles. The number of benzene rings is 3. The predicted octanol–water partition coefficient (Wildman–Crippen LogP) is 6.79. The lowest BCUT2D eigenvalue weighted by Gasteiger charge is -2.18. The molecule has 0 fully saturated rings. The molecular weight excluding hydrogens is 422 g/mol. The van der Waals surface area contributed by atoms with Gasteiger partial charge in [-0.25, -0.2) is 13.6 Å². The number of hydrogen-bond acceptors (Lipinski definition) is 2. The SMILES string of the molecule is CC/C(=C(\c1ccc(O)cc1)c1c(F)cc(/C=C/C(=O)O)cc1F)c1ccccc1Cl. The van der Waals surface area contributed by atoms with Crippen molar-refractivity contribution in [2.45, 2.75) is 13.3 Å². The number of carbonyl (C=O) groups is 1. The second-order valence-corrected chi connectivity index (χ2v) is 7.17.